The zero-order valence-electron chi connectivity index (χ0n) is 14.8. The van der Waals surface area contributed by atoms with Crippen LogP contribution in [0.3, 0.4) is 0 Å². The van der Waals surface area contributed by atoms with Gasteiger partial charge < -0.3 is 15.0 Å². The zero-order valence-corrected chi connectivity index (χ0v) is 15.6. The summed E-state index contributed by atoms with van der Waals surface area (Å²) in [4.78, 5) is 14.3. The van der Waals surface area contributed by atoms with E-state index in [1.54, 1.807) is 12.1 Å². The molecule has 2 aliphatic heterocycles. The average Bonchev–Trinajstić information content (AvgIpc) is 2.78. The molecule has 3 rings (SSSR count). The molecule has 0 saturated carbocycles. The lowest BCUT2D eigenvalue weighted by Crippen LogP contribution is -2.45. The van der Waals surface area contributed by atoms with E-state index in [2.05, 4.69) is 10.2 Å². The molecule has 0 unspecified atom stereocenters. The summed E-state index contributed by atoms with van der Waals surface area (Å²) >= 11 is 0. The number of sulfone groups is 1. The Morgan fingerprint density at radius 1 is 1.20 bits per heavy atom. The SMILES string of the molecule is CC(C)(C)OC(=O)NC1CCN(C2=CS(=O)(=O)c3ccccc32)CC1. The number of carbonyl (C=O) groups is 1. The van der Waals surface area contributed by atoms with Crippen LogP contribution in [0.5, 0.6) is 0 Å². The molecule has 25 heavy (non-hydrogen) atoms. The summed E-state index contributed by atoms with van der Waals surface area (Å²) in [6.07, 6.45) is 1.09. The first-order valence-corrected chi connectivity index (χ1v) is 10.0. The molecular weight excluding hydrogens is 340 g/mol. The Morgan fingerprint density at radius 3 is 2.48 bits per heavy atom. The van der Waals surface area contributed by atoms with Gasteiger partial charge in [0.2, 0.25) is 9.84 Å². The third-order valence-electron chi connectivity index (χ3n) is 4.29. The molecule has 0 radical (unpaired) electrons. The minimum Gasteiger partial charge on any atom is -0.444 e. The molecule has 1 aromatic carbocycles. The monoisotopic (exact) mass is 364 g/mol. The predicted octanol–water partition coefficient (Wildman–Crippen LogP) is 2.76. The molecule has 0 spiro atoms. The van der Waals surface area contributed by atoms with Crippen molar-refractivity contribution in [1.82, 2.24) is 10.2 Å². The number of fused-ring (bicyclic) bond motifs is 1. The van der Waals surface area contributed by atoms with Gasteiger partial charge >= 0.3 is 6.09 Å². The molecule has 0 atom stereocenters. The first-order chi connectivity index (χ1) is 11.7. The fourth-order valence-corrected chi connectivity index (χ4v) is 4.63. The molecule has 2 aliphatic rings. The molecule has 7 heteroatoms. The molecule has 136 valence electrons. The van der Waals surface area contributed by atoms with Gasteiger partial charge in [-0.1, -0.05) is 18.2 Å². The van der Waals surface area contributed by atoms with E-state index >= 15 is 0 Å². The van der Waals surface area contributed by atoms with E-state index in [0.29, 0.717) is 18.0 Å². The molecule has 1 aromatic rings. The third kappa shape index (κ3) is 3.98. The lowest BCUT2D eigenvalue weighted by atomic mass is 10.0. The molecular formula is C18H24N2O4S. The number of benzene rings is 1. The van der Waals surface area contributed by atoms with Gasteiger partial charge in [-0.25, -0.2) is 13.2 Å². The normalized spacial score (nSPS) is 20.0. The Balaban J connectivity index is 1.63. The number of amides is 1. The van der Waals surface area contributed by atoms with Crippen LogP contribution in [0, 0.1) is 0 Å². The van der Waals surface area contributed by atoms with Gasteiger partial charge in [-0.05, 0) is 39.7 Å². The van der Waals surface area contributed by atoms with E-state index in [0.717, 1.165) is 24.1 Å². The van der Waals surface area contributed by atoms with Crippen molar-refractivity contribution >= 4 is 21.6 Å². The Bertz CT molecular complexity index is 801. The highest BCUT2D eigenvalue weighted by atomic mass is 32.2. The van der Waals surface area contributed by atoms with Crippen LogP contribution in [0.25, 0.3) is 5.70 Å². The standard InChI is InChI=1S/C18H24N2O4S/c1-18(2,3)24-17(21)19-13-8-10-20(11-9-13)15-12-25(22,23)16-7-5-4-6-14(15)16/h4-7,12-13H,8-11H2,1-3H3,(H,19,21). The Hall–Kier alpha value is -2.02. The van der Waals surface area contributed by atoms with E-state index in [1.165, 1.54) is 5.41 Å². The van der Waals surface area contributed by atoms with Gasteiger partial charge in [0.1, 0.15) is 5.60 Å². The molecule has 0 bridgehead atoms. The number of likely N-dealkylation sites (tertiary alicyclic amines) is 1. The minimum atomic E-state index is -3.35. The molecule has 2 heterocycles. The maximum atomic E-state index is 12.3. The number of nitrogens with zero attached hydrogens (tertiary/aromatic N) is 1. The summed E-state index contributed by atoms with van der Waals surface area (Å²) in [5.74, 6) is 0. The highest BCUT2D eigenvalue weighted by Gasteiger charge is 2.32. The number of ether oxygens (including phenoxy) is 1. The molecule has 1 fully saturated rings. The van der Waals surface area contributed by atoms with Crippen molar-refractivity contribution < 1.29 is 17.9 Å². The highest BCUT2D eigenvalue weighted by molar-refractivity contribution is 7.94. The average molecular weight is 364 g/mol. The van der Waals surface area contributed by atoms with Gasteiger partial charge in [0.05, 0.1) is 16.0 Å². The van der Waals surface area contributed by atoms with Crippen LogP contribution < -0.4 is 5.32 Å². The Kier molecular flexibility index (Phi) is 4.53. The Labute approximate surface area is 148 Å². The van der Waals surface area contributed by atoms with E-state index in [9.17, 15) is 13.2 Å². The summed E-state index contributed by atoms with van der Waals surface area (Å²) in [6, 6.07) is 7.12. The molecule has 6 nitrogen and oxygen atoms in total. The van der Waals surface area contributed by atoms with Gasteiger partial charge in [0, 0.05) is 24.7 Å². The van der Waals surface area contributed by atoms with E-state index in [4.69, 9.17) is 4.74 Å². The fraction of sp³-hybridized carbons (Fsp3) is 0.500. The first kappa shape index (κ1) is 17.8. The summed E-state index contributed by atoms with van der Waals surface area (Å²) < 4.78 is 29.8. The van der Waals surface area contributed by atoms with Crippen LogP contribution in [-0.4, -0.2) is 44.1 Å². The quantitative estimate of drug-likeness (QED) is 0.873. The van der Waals surface area contributed by atoms with Crippen molar-refractivity contribution in [2.45, 2.75) is 50.2 Å². The largest absolute Gasteiger partial charge is 0.444 e. The lowest BCUT2D eigenvalue weighted by Gasteiger charge is -2.35. The van der Waals surface area contributed by atoms with Crippen molar-refractivity contribution in [2.24, 2.45) is 0 Å². The zero-order chi connectivity index (χ0) is 18.2. The second-order valence-electron chi connectivity index (χ2n) is 7.45. The van der Waals surface area contributed by atoms with Crippen LogP contribution in [-0.2, 0) is 14.6 Å². The maximum absolute atomic E-state index is 12.3. The van der Waals surface area contributed by atoms with E-state index < -0.39 is 21.5 Å². The topological polar surface area (TPSA) is 75.7 Å². The van der Waals surface area contributed by atoms with Crippen LogP contribution in [0.15, 0.2) is 34.6 Å². The number of carbonyl (C=O) groups excluding carboxylic acids is 1. The first-order valence-electron chi connectivity index (χ1n) is 8.46. The summed E-state index contributed by atoms with van der Waals surface area (Å²) in [7, 11) is -3.35. The fourth-order valence-electron chi connectivity index (χ4n) is 3.18. The summed E-state index contributed by atoms with van der Waals surface area (Å²) in [5.41, 5.74) is 1.00. The van der Waals surface area contributed by atoms with Crippen molar-refractivity contribution in [3.8, 4) is 0 Å². The van der Waals surface area contributed by atoms with Crippen LogP contribution in [0.4, 0.5) is 4.79 Å². The molecule has 1 saturated heterocycles. The number of hydrogen-bond acceptors (Lipinski definition) is 5. The van der Waals surface area contributed by atoms with Gasteiger partial charge in [0.15, 0.2) is 0 Å². The number of nitrogens with one attached hydrogen (secondary N) is 1. The summed E-state index contributed by atoms with van der Waals surface area (Å²) in [5, 5.41) is 4.26. The van der Waals surface area contributed by atoms with E-state index in [1.807, 2.05) is 32.9 Å². The van der Waals surface area contributed by atoms with Crippen molar-refractivity contribution in [3.63, 3.8) is 0 Å². The van der Waals surface area contributed by atoms with Crippen molar-refractivity contribution in [3.05, 3.63) is 35.2 Å². The number of alkyl carbamates (subject to hydrolysis) is 1. The molecule has 1 N–H and O–H groups in total. The number of piperidine rings is 1. The highest BCUT2D eigenvalue weighted by Crippen LogP contribution is 2.36. The Morgan fingerprint density at radius 2 is 1.84 bits per heavy atom. The van der Waals surface area contributed by atoms with Crippen LogP contribution in [0.1, 0.15) is 39.2 Å². The number of rotatable bonds is 2. The van der Waals surface area contributed by atoms with Gasteiger partial charge in [-0.2, -0.15) is 0 Å². The predicted molar refractivity (Wildman–Crippen MR) is 95.6 cm³/mol. The second kappa shape index (κ2) is 6.37. The van der Waals surface area contributed by atoms with E-state index in [-0.39, 0.29) is 6.04 Å². The molecule has 0 aromatic heterocycles. The maximum Gasteiger partial charge on any atom is 0.407 e. The third-order valence-corrected chi connectivity index (χ3v) is 5.80. The van der Waals surface area contributed by atoms with Crippen LogP contribution >= 0.6 is 0 Å². The minimum absolute atomic E-state index is 0.0416. The van der Waals surface area contributed by atoms with Gasteiger partial charge in [0.25, 0.3) is 0 Å². The second-order valence-corrected chi connectivity index (χ2v) is 9.22. The van der Waals surface area contributed by atoms with Crippen molar-refractivity contribution in [2.75, 3.05) is 13.1 Å². The van der Waals surface area contributed by atoms with Crippen LogP contribution in [0.2, 0.25) is 0 Å². The van der Waals surface area contributed by atoms with Crippen molar-refractivity contribution in [1.29, 1.82) is 0 Å². The van der Waals surface area contributed by atoms with Gasteiger partial charge in [-0.3, -0.25) is 0 Å². The van der Waals surface area contributed by atoms with Gasteiger partial charge in [-0.15, -0.1) is 0 Å². The molecule has 0 aliphatic carbocycles. The lowest BCUT2D eigenvalue weighted by molar-refractivity contribution is 0.0487. The smallest absolute Gasteiger partial charge is 0.407 e. The number of hydrogen-bond donors (Lipinski definition) is 1. The summed E-state index contributed by atoms with van der Waals surface area (Å²) in [6.45, 7) is 6.88. The molecule has 1 amide bonds.